The number of hydrogen-bond donors (Lipinski definition) is 2. The maximum absolute atomic E-state index is 11.0. The van der Waals surface area contributed by atoms with Gasteiger partial charge in [0.1, 0.15) is 6.04 Å². The molecule has 2 N–H and O–H groups in total. The molecule has 17 heavy (non-hydrogen) atoms. The molecular weight excluding hydrogens is 216 g/mol. The molecule has 100 valence electrons. The summed E-state index contributed by atoms with van der Waals surface area (Å²) >= 11 is 0. The van der Waals surface area contributed by atoms with Crippen molar-refractivity contribution in [2.24, 2.45) is 5.92 Å². The summed E-state index contributed by atoms with van der Waals surface area (Å²) in [5, 5.41) is 12.1. The second-order valence-corrected chi connectivity index (χ2v) is 5.25. The smallest absolute Gasteiger partial charge is 0.320 e. The Hall–Kier alpha value is -0.610. The van der Waals surface area contributed by atoms with Crippen molar-refractivity contribution < 1.29 is 9.90 Å². The van der Waals surface area contributed by atoms with Crippen LogP contribution in [0.2, 0.25) is 0 Å². The first-order valence-electron chi connectivity index (χ1n) is 6.74. The predicted molar refractivity (Wildman–Crippen MR) is 69.2 cm³/mol. The van der Waals surface area contributed by atoms with E-state index in [1.165, 1.54) is 12.8 Å². The molecule has 0 saturated carbocycles. The van der Waals surface area contributed by atoms with E-state index >= 15 is 0 Å². The summed E-state index contributed by atoms with van der Waals surface area (Å²) in [7, 11) is 0. The Bertz CT molecular complexity index is 246. The number of likely N-dealkylation sites (N-methyl/N-ethyl adjacent to an activating group) is 1. The SMILES string of the molecule is CCNC(CCN1CCC(C)CC1C)C(=O)O. The van der Waals surface area contributed by atoms with Crippen LogP contribution >= 0.6 is 0 Å². The van der Waals surface area contributed by atoms with Crippen molar-refractivity contribution in [3.63, 3.8) is 0 Å². The molecule has 0 aromatic carbocycles. The first kappa shape index (κ1) is 14.5. The van der Waals surface area contributed by atoms with Crippen LogP contribution in [0.15, 0.2) is 0 Å². The van der Waals surface area contributed by atoms with Crippen molar-refractivity contribution >= 4 is 5.97 Å². The van der Waals surface area contributed by atoms with Gasteiger partial charge in [0.05, 0.1) is 0 Å². The third kappa shape index (κ3) is 4.64. The molecule has 0 aromatic heterocycles. The number of carboxylic acid groups (broad SMARTS) is 1. The van der Waals surface area contributed by atoms with Gasteiger partial charge in [-0.25, -0.2) is 0 Å². The zero-order valence-electron chi connectivity index (χ0n) is 11.3. The van der Waals surface area contributed by atoms with Crippen LogP contribution < -0.4 is 5.32 Å². The average Bonchev–Trinajstić information content (AvgIpc) is 2.25. The van der Waals surface area contributed by atoms with E-state index in [0.29, 0.717) is 19.0 Å². The Labute approximate surface area is 104 Å². The van der Waals surface area contributed by atoms with Gasteiger partial charge in [0.2, 0.25) is 0 Å². The van der Waals surface area contributed by atoms with Gasteiger partial charge >= 0.3 is 5.97 Å². The standard InChI is InChI=1S/C13H26N2O2/c1-4-14-12(13(16)17)6-8-15-7-5-10(2)9-11(15)3/h10-12,14H,4-9H2,1-3H3,(H,16,17). The number of carboxylic acids is 1. The minimum Gasteiger partial charge on any atom is -0.480 e. The minimum atomic E-state index is -0.732. The van der Waals surface area contributed by atoms with Crippen molar-refractivity contribution in [1.29, 1.82) is 0 Å². The Kier molecular flexibility index (Phi) is 5.92. The summed E-state index contributed by atoms with van der Waals surface area (Å²) < 4.78 is 0. The van der Waals surface area contributed by atoms with E-state index in [9.17, 15) is 4.79 Å². The zero-order chi connectivity index (χ0) is 12.8. The first-order chi connectivity index (χ1) is 8.04. The summed E-state index contributed by atoms with van der Waals surface area (Å²) in [5.41, 5.74) is 0. The van der Waals surface area contributed by atoms with Gasteiger partial charge < -0.3 is 15.3 Å². The highest BCUT2D eigenvalue weighted by molar-refractivity contribution is 5.73. The van der Waals surface area contributed by atoms with Crippen molar-refractivity contribution in [1.82, 2.24) is 10.2 Å². The summed E-state index contributed by atoms with van der Waals surface area (Å²) in [5.74, 6) is 0.0789. The fourth-order valence-electron chi connectivity index (χ4n) is 2.64. The molecule has 1 saturated heterocycles. The number of rotatable bonds is 6. The second kappa shape index (κ2) is 6.97. The molecule has 1 aliphatic rings. The van der Waals surface area contributed by atoms with Crippen LogP contribution in [0.25, 0.3) is 0 Å². The van der Waals surface area contributed by atoms with E-state index in [0.717, 1.165) is 19.0 Å². The normalized spacial score (nSPS) is 27.9. The Balaban J connectivity index is 2.35. The number of hydrogen-bond acceptors (Lipinski definition) is 3. The van der Waals surface area contributed by atoms with Gasteiger partial charge in [0.15, 0.2) is 0 Å². The summed E-state index contributed by atoms with van der Waals surface area (Å²) in [6, 6.07) is 0.196. The molecular formula is C13H26N2O2. The second-order valence-electron chi connectivity index (χ2n) is 5.25. The van der Waals surface area contributed by atoms with Crippen LogP contribution in [0.4, 0.5) is 0 Å². The molecule has 3 atom stereocenters. The lowest BCUT2D eigenvalue weighted by Crippen LogP contribution is -2.44. The molecule has 1 heterocycles. The Morgan fingerprint density at radius 3 is 2.76 bits per heavy atom. The number of likely N-dealkylation sites (tertiary alicyclic amines) is 1. The number of carbonyl (C=O) groups is 1. The molecule has 0 bridgehead atoms. The van der Waals surface area contributed by atoms with Crippen LogP contribution in [0.5, 0.6) is 0 Å². The largest absolute Gasteiger partial charge is 0.480 e. The van der Waals surface area contributed by atoms with Crippen LogP contribution in [0.3, 0.4) is 0 Å². The molecule has 4 nitrogen and oxygen atoms in total. The van der Waals surface area contributed by atoms with Gasteiger partial charge in [-0.3, -0.25) is 4.79 Å². The molecule has 3 unspecified atom stereocenters. The number of nitrogens with one attached hydrogen (secondary N) is 1. The zero-order valence-corrected chi connectivity index (χ0v) is 11.3. The molecule has 0 amide bonds. The van der Waals surface area contributed by atoms with E-state index in [2.05, 4.69) is 24.1 Å². The first-order valence-corrected chi connectivity index (χ1v) is 6.74. The number of aliphatic carboxylic acids is 1. The van der Waals surface area contributed by atoms with Crippen LogP contribution in [0.1, 0.15) is 40.0 Å². The lowest BCUT2D eigenvalue weighted by atomic mass is 9.93. The van der Waals surface area contributed by atoms with Crippen LogP contribution in [-0.2, 0) is 4.79 Å². The van der Waals surface area contributed by atoms with Gasteiger partial charge in [0.25, 0.3) is 0 Å². The van der Waals surface area contributed by atoms with Crippen LogP contribution in [0, 0.1) is 5.92 Å². The molecule has 4 heteroatoms. The summed E-state index contributed by atoms with van der Waals surface area (Å²) in [6.07, 6.45) is 3.17. The molecule has 0 aliphatic carbocycles. The average molecular weight is 242 g/mol. The fourth-order valence-corrected chi connectivity index (χ4v) is 2.64. The van der Waals surface area contributed by atoms with E-state index in [-0.39, 0.29) is 0 Å². The van der Waals surface area contributed by atoms with Crippen molar-refractivity contribution in [2.75, 3.05) is 19.6 Å². The monoisotopic (exact) mass is 242 g/mol. The van der Waals surface area contributed by atoms with Crippen molar-refractivity contribution in [2.45, 2.75) is 52.1 Å². The molecule has 0 spiro atoms. The van der Waals surface area contributed by atoms with E-state index < -0.39 is 12.0 Å². The lowest BCUT2D eigenvalue weighted by Gasteiger charge is -2.37. The van der Waals surface area contributed by atoms with E-state index in [1.807, 2.05) is 6.92 Å². The maximum atomic E-state index is 11.0. The maximum Gasteiger partial charge on any atom is 0.320 e. The summed E-state index contributed by atoms with van der Waals surface area (Å²) in [4.78, 5) is 13.4. The van der Waals surface area contributed by atoms with Gasteiger partial charge in [-0.15, -0.1) is 0 Å². The minimum absolute atomic E-state index is 0.397. The van der Waals surface area contributed by atoms with E-state index in [1.54, 1.807) is 0 Å². The van der Waals surface area contributed by atoms with Crippen LogP contribution in [-0.4, -0.2) is 47.7 Å². The highest BCUT2D eigenvalue weighted by Crippen LogP contribution is 2.22. The highest BCUT2D eigenvalue weighted by atomic mass is 16.4. The molecule has 0 aromatic rings. The Morgan fingerprint density at radius 2 is 2.24 bits per heavy atom. The number of piperidine rings is 1. The van der Waals surface area contributed by atoms with Gasteiger partial charge in [0, 0.05) is 12.6 Å². The molecule has 1 fully saturated rings. The van der Waals surface area contributed by atoms with Gasteiger partial charge in [-0.05, 0) is 45.2 Å². The quantitative estimate of drug-likeness (QED) is 0.742. The van der Waals surface area contributed by atoms with Crippen molar-refractivity contribution in [3.05, 3.63) is 0 Å². The van der Waals surface area contributed by atoms with Crippen molar-refractivity contribution in [3.8, 4) is 0 Å². The highest BCUT2D eigenvalue weighted by Gasteiger charge is 2.24. The third-order valence-electron chi connectivity index (χ3n) is 3.73. The topological polar surface area (TPSA) is 52.6 Å². The van der Waals surface area contributed by atoms with Gasteiger partial charge in [-0.2, -0.15) is 0 Å². The fraction of sp³-hybridized carbons (Fsp3) is 0.923. The predicted octanol–water partition coefficient (Wildman–Crippen LogP) is 1.56. The molecule has 0 radical (unpaired) electrons. The molecule has 1 rings (SSSR count). The number of nitrogens with zero attached hydrogens (tertiary/aromatic N) is 1. The van der Waals surface area contributed by atoms with Gasteiger partial charge in [-0.1, -0.05) is 13.8 Å². The lowest BCUT2D eigenvalue weighted by molar-refractivity contribution is -0.139. The third-order valence-corrected chi connectivity index (χ3v) is 3.73. The molecule has 1 aliphatic heterocycles. The summed E-state index contributed by atoms with van der Waals surface area (Å²) in [6.45, 7) is 9.20. The Morgan fingerprint density at radius 1 is 1.53 bits per heavy atom. The van der Waals surface area contributed by atoms with E-state index in [4.69, 9.17) is 5.11 Å².